The number of hydrogen-bond acceptors (Lipinski definition) is 5. The highest BCUT2D eigenvalue weighted by Gasteiger charge is 2.20. The maximum Gasteiger partial charge on any atom is 0.407 e. The standard InChI is InChI=1S/C11H13FO2.C10H20N2O2/c1-8(2)7-14-10-5-3-4-9(6-13)11(10)12;1-10(2,3)14-9(13)12-8-5-4-6-11-7-8/h3-6,8H,7H2,1-2H3;8,11H,4-7H2,1-3H3,(H,12,13)/t;8-/m.1/s1. The smallest absolute Gasteiger partial charge is 0.407 e. The molecule has 0 spiro atoms. The van der Waals surface area contributed by atoms with Gasteiger partial charge in [0, 0.05) is 12.6 Å². The average Bonchev–Trinajstić information content (AvgIpc) is 2.60. The van der Waals surface area contributed by atoms with Crippen molar-refractivity contribution in [2.75, 3.05) is 19.7 Å². The Morgan fingerprint density at radius 2 is 2.11 bits per heavy atom. The topological polar surface area (TPSA) is 76.7 Å². The number of hydrogen-bond donors (Lipinski definition) is 2. The molecule has 2 N–H and O–H groups in total. The summed E-state index contributed by atoms with van der Waals surface area (Å²) in [7, 11) is 0. The van der Waals surface area contributed by atoms with Gasteiger partial charge in [0.05, 0.1) is 12.2 Å². The molecule has 1 aliphatic heterocycles. The van der Waals surface area contributed by atoms with Crippen molar-refractivity contribution in [3.8, 4) is 5.75 Å². The van der Waals surface area contributed by atoms with Gasteiger partial charge in [-0.3, -0.25) is 4.79 Å². The largest absolute Gasteiger partial charge is 0.490 e. The van der Waals surface area contributed by atoms with Crippen molar-refractivity contribution in [2.45, 2.75) is 59.1 Å². The number of carbonyl (C=O) groups excluding carboxylic acids is 2. The molecule has 1 aromatic carbocycles. The maximum absolute atomic E-state index is 13.4. The highest BCUT2D eigenvalue weighted by molar-refractivity contribution is 5.76. The van der Waals surface area contributed by atoms with Gasteiger partial charge < -0.3 is 20.1 Å². The molecule has 6 nitrogen and oxygen atoms in total. The van der Waals surface area contributed by atoms with Crippen LogP contribution in [0.5, 0.6) is 5.75 Å². The van der Waals surface area contributed by atoms with E-state index in [1.807, 2.05) is 34.6 Å². The number of rotatable bonds is 5. The number of halogens is 1. The molecule has 158 valence electrons. The second-order valence-corrected chi connectivity index (χ2v) is 8.17. The summed E-state index contributed by atoms with van der Waals surface area (Å²) in [6, 6.07) is 4.76. The van der Waals surface area contributed by atoms with Crippen LogP contribution in [0.4, 0.5) is 9.18 Å². The highest BCUT2D eigenvalue weighted by atomic mass is 19.1. The summed E-state index contributed by atoms with van der Waals surface area (Å²) in [6.07, 6.45) is 2.32. The van der Waals surface area contributed by atoms with Crippen LogP contribution in [0, 0.1) is 11.7 Å². The Labute approximate surface area is 167 Å². The molecule has 0 aliphatic carbocycles. The lowest BCUT2D eigenvalue weighted by molar-refractivity contribution is 0.0497. The molecule has 1 heterocycles. The third kappa shape index (κ3) is 9.69. The number of alkyl carbamates (subject to hydrolysis) is 1. The van der Waals surface area contributed by atoms with Crippen molar-refractivity contribution in [1.29, 1.82) is 0 Å². The fraction of sp³-hybridized carbons (Fsp3) is 0.619. The van der Waals surface area contributed by atoms with E-state index in [-0.39, 0.29) is 23.4 Å². The second kappa shape index (κ2) is 11.6. The Balaban J connectivity index is 0.000000280. The van der Waals surface area contributed by atoms with Gasteiger partial charge in [-0.1, -0.05) is 19.9 Å². The normalized spacial score (nSPS) is 16.6. The molecule has 0 radical (unpaired) electrons. The van der Waals surface area contributed by atoms with Crippen molar-refractivity contribution in [3.05, 3.63) is 29.6 Å². The van der Waals surface area contributed by atoms with E-state index < -0.39 is 11.4 Å². The van der Waals surface area contributed by atoms with Crippen molar-refractivity contribution in [2.24, 2.45) is 5.92 Å². The lowest BCUT2D eigenvalue weighted by Gasteiger charge is -2.26. The maximum atomic E-state index is 13.4. The van der Waals surface area contributed by atoms with Gasteiger partial charge in [0.2, 0.25) is 0 Å². The predicted molar refractivity (Wildman–Crippen MR) is 107 cm³/mol. The molecule has 28 heavy (non-hydrogen) atoms. The van der Waals surface area contributed by atoms with Gasteiger partial charge in [0.1, 0.15) is 5.60 Å². The van der Waals surface area contributed by atoms with Crippen LogP contribution in [0.15, 0.2) is 18.2 Å². The number of benzene rings is 1. The highest BCUT2D eigenvalue weighted by Crippen LogP contribution is 2.19. The van der Waals surface area contributed by atoms with E-state index in [1.54, 1.807) is 6.07 Å². The first-order valence-corrected chi connectivity index (χ1v) is 9.69. The molecule has 1 atom stereocenters. The van der Waals surface area contributed by atoms with Crippen LogP contribution in [-0.4, -0.2) is 43.7 Å². The fourth-order valence-corrected chi connectivity index (χ4v) is 2.44. The second-order valence-electron chi connectivity index (χ2n) is 8.17. The van der Waals surface area contributed by atoms with Crippen LogP contribution in [-0.2, 0) is 4.74 Å². The molecule has 0 bridgehead atoms. The van der Waals surface area contributed by atoms with E-state index in [0.717, 1.165) is 25.9 Å². The summed E-state index contributed by atoms with van der Waals surface area (Å²) >= 11 is 0. The third-order valence-corrected chi connectivity index (χ3v) is 3.71. The average molecular weight is 397 g/mol. The van der Waals surface area contributed by atoms with Gasteiger partial charge in [-0.25, -0.2) is 9.18 Å². The molecule has 2 rings (SSSR count). The molecule has 1 aromatic rings. The van der Waals surface area contributed by atoms with Crippen molar-refractivity contribution in [3.63, 3.8) is 0 Å². The van der Waals surface area contributed by atoms with Crippen molar-refractivity contribution < 1.29 is 23.5 Å². The van der Waals surface area contributed by atoms with Crippen LogP contribution < -0.4 is 15.4 Å². The number of ether oxygens (including phenoxy) is 2. The summed E-state index contributed by atoms with van der Waals surface area (Å²) in [6.45, 7) is 11.9. The lowest BCUT2D eigenvalue weighted by Crippen LogP contribution is -2.47. The molecule has 0 saturated carbocycles. The zero-order valence-corrected chi connectivity index (χ0v) is 17.5. The Morgan fingerprint density at radius 1 is 1.39 bits per heavy atom. The van der Waals surface area contributed by atoms with E-state index >= 15 is 0 Å². The summed E-state index contributed by atoms with van der Waals surface area (Å²) < 4.78 is 23.7. The molecule has 1 aliphatic rings. The molecule has 7 heteroatoms. The van der Waals surface area contributed by atoms with E-state index in [2.05, 4.69) is 10.6 Å². The van der Waals surface area contributed by atoms with Crippen LogP contribution in [0.2, 0.25) is 0 Å². The van der Waals surface area contributed by atoms with Gasteiger partial charge in [-0.2, -0.15) is 0 Å². The minimum Gasteiger partial charge on any atom is -0.490 e. The first-order valence-electron chi connectivity index (χ1n) is 9.69. The number of carbonyl (C=O) groups is 2. The Kier molecular flexibility index (Phi) is 9.93. The van der Waals surface area contributed by atoms with Gasteiger partial charge in [0.15, 0.2) is 17.9 Å². The predicted octanol–water partition coefficient (Wildman–Crippen LogP) is 3.94. The molecule has 1 saturated heterocycles. The van der Waals surface area contributed by atoms with Crippen molar-refractivity contribution in [1.82, 2.24) is 10.6 Å². The van der Waals surface area contributed by atoms with Gasteiger partial charge >= 0.3 is 6.09 Å². The van der Waals surface area contributed by atoms with Gasteiger partial charge in [-0.15, -0.1) is 0 Å². The van der Waals surface area contributed by atoms with Crippen LogP contribution >= 0.6 is 0 Å². The Bertz CT molecular complexity index is 623. The number of amides is 1. The van der Waals surface area contributed by atoms with Crippen LogP contribution in [0.1, 0.15) is 57.8 Å². The summed E-state index contributed by atoms with van der Waals surface area (Å²) in [4.78, 5) is 21.8. The molecule has 1 amide bonds. The van der Waals surface area contributed by atoms with Crippen molar-refractivity contribution >= 4 is 12.4 Å². The van der Waals surface area contributed by atoms with Gasteiger partial charge in [0.25, 0.3) is 0 Å². The number of piperidine rings is 1. The van der Waals surface area contributed by atoms with Gasteiger partial charge in [-0.05, 0) is 58.2 Å². The van der Waals surface area contributed by atoms with E-state index in [9.17, 15) is 14.0 Å². The third-order valence-electron chi connectivity index (χ3n) is 3.71. The zero-order valence-electron chi connectivity index (χ0n) is 17.5. The molecule has 0 aromatic heterocycles. The molecule has 1 fully saturated rings. The quantitative estimate of drug-likeness (QED) is 0.738. The Morgan fingerprint density at radius 3 is 2.64 bits per heavy atom. The molecule has 0 unspecified atom stereocenters. The zero-order chi connectivity index (χ0) is 21.2. The molecular formula is C21H33FN2O4. The van der Waals surface area contributed by atoms with E-state index in [1.165, 1.54) is 12.1 Å². The lowest BCUT2D eigenvalue weighted by atomic mass is 10.1. The Hall–Kier alpha value is -2.15. The number of nitrogens with one attached hydrogen (secondary N) is 2. The first kappa shape index (κ1) is 23.9. The van der Waals surface area contributed by atoms with Crippen LogP contribution in [0.25, 0.3) is 0 Å². The van der Waals surface area contributed by atoms with Crippen LogP contribution in [0.3, 0.4) is 0 Å². The SMILES string of the molecule is CC(C)(C)OC(=O)N[C@@H]1CCCNC1.CC(C)COc1cccc(C=O)c1F. The van der Waals surface area contributed by atoms with E-state index in [4.69, 9.17) is 9.47 Å². The monoisotopic (exact) mass is 396 g/mol. The fourth-order valence-electron chi connectivity index (χ4n) is 2.44. The number of aldehydes is 1. The minimum absolute atomic E-state index is 0.0336. The summed E-state index contributed by atoms with van der Waals surface area (Å²) in [5.74, 6) is -0.110. The summed E-state index contributed by atoms with van der Waals surface area (Å²) in [5, 5.41) is 6.08. The van der Waals surface area contributed by atoms with E-state index in [0.29, 0.717) is 18.8 Å². The molecular weight excluding hydrogens is 363 g/mol. The summed E-state index contributed by atoms with van der Waals surface area (Å²) in [5.41, 5.74) is -0.377. The first-order chi connectivity index (χ1) is 13.1. The minimum atomic E-state index is -0.580.